The summed E-state index contributed by atoms with van der Waals surface area (Å²) in [5.41, 5.74) is 0.751. The summed E-state index contributed by atoms with van der Waals surface area (Å²) in [5, 5.41) is 10.7. The largest absolute Gasteiger partial charge is 0.484 e. The van der Waals surface area contributed by atoms with Gasteiger partial charge in [-0.2, -0.15) is 0 Å². The van der Waals surface area contributed by atoms with E-state index in [1.54, 1.807) is 25.4 Å². The first-order chi connectivity index (χ1) is 13.5. The van der Waals surface area contributed by atoms with Crippen molar-refractivity contribution in [2.24, 2.45) is 0 Å². The molecule has 0 aliphatic carbocycles. The summed E-state index contributed by atoms with van der Waals surface area (Å²) < 4.78 is 10.3. The molecule has 0 N–H and O–H groups in total. The van der Waals surface area contributed by atoms with Crippen LogP contribution in [0.25, 0.3) is 0 Å². The Hall–Kier alpha value is -3.49. The third-order valence-corrected chi connectivity index (χ3v) is 3.75. The molecule has 1 aromatic heterocycles. The van der Waals surface area contributed by atoms with Gasteiger partial charge in [-0.25, -0.2) is 0 Å². The van der Waals surface area contributed by atoms with Gasteiger partial charge in [0.25, 0.3) is 11.6 Å². The van der Waals surface area contributed by atoms with Gasteiger partial charge in [0.1, 0.15) is 5.75 Å². The summed E-state index contributed by atoms with van der Waals surface area (Å²) in [5.74, 6) is -0.375. The van der Waals surface area contributed by atoms with Crippen LogP contribution in [0.4, 0.5) is 5.69 Å². The van der Waals surface area contributed by atoms with E-state index in [1.807, 2.05) is 6.07 Å². The highest BCUT2D eigenvalue weighted by Crippen LogP contribution is 2.17. The molecule has 0 saturated carbocycles. The average molecular weight is 387 g/mol. The van der Waals surface area contributed by atoms with Crippen LogP contribution in [0.5, 0.6) is 5.75 Å². The van der Waals surface area contributed by atoms with Gasteiger partial charge in [-0.3, -0.25) is 24.7 Å². The molecule has 28 heavy (non-hydrogen) atoms. The number of benzene rings is 1. The van der Waals surface area contributed by atoms with E-state index >= 15 is 0 Å². The monoisotopic (exact) mass is 387 g/mol. The lowest BCUT2D eigenvalue weighted by Gasteiger charge is -2.22. The molecule has 2 aromatic rings. The maximum absolute atomic E-state index is 12.6. The molecule has 1 amide bonds. The number of aromatic nitrogens is 1. The molecule has 0 atom stereocenters. The number of esters is 1. The van der Waals surface area contributed by atoms with E-state index in [1.165, 1.54) is 29.2 Å². The van der Waals surface area contributed by atoms with E-state index in [0.717, 1.165) is 5.56 Å². The first-order valence-corrected chi connectivity index (χ1v) is 8.69. The number of nitrogens with zero attached hydrogens (tertiary/aromatic N) is 3. The van der Waals surface area contributed by atoms with Crippen LogP contribution in [0.1, 0.15) is 18.9 Å². The molecule has 0 fully saturated rings. The van der Waals surface area contributed by atoms with Gasteiger partial charge in [-0.15, -0.1) is 0 Å². The second kappa shape index (κ2) is 10.6. The Morgan fingerprint density at radius 1 is 1.21 bits per heavy atom. The van der Waals surface area contributed by atoms with Crippen LogP contribution in [-0.2, 0) is 20.9 Å². The predicted octanol–water partition coefficient (Wildman–Crippen LogP) is 2.35. The molecule has 0 bridgehead atoms. The SMILES string of the molecule is CCOC(=O)CCN(Cc1cccnc1)C(=O)COc1ccc([N+](=O)[O-])cc1. The minimum Gasteiger partial charge on any atom is -0.484 e. The van der Waals surface area contributed by atoms with E-state index in [9.17, 15) is 19.7 Å². The Morgan fingerprint density at radius 3 is 2.57 bits per heavy atom. The van der Waals surface area contributed by atoms with Crippen LogP contribution in [0, 0.1) is 10.1 Å². The Bertz CT molecular complexity index is 795. The van der Waals surface area contributed by atoms with Crippen molar-refractivity contribution < 1.29 is 24.0 Å². The maximum Gasteiger partial charge on any atom is 0.307 e. The van der Waals surface area contributed by atoms with E-state index in [0.29, 0.717) is 5.75 Å². The molecular formula is C19H21N3O6. The van der Waals surface area contributed by atoms with E-state index in [4.69, 9.17) is 9.47 Å². The fraction of sp³-hybridized carbons (Fsp3) is 0.316. The number of nitro groups is 1. The lowest BCUT2D eigenvalue weighted by molar-refractivity contribution is -0.384. The van der Waals surface area contributed by atoms with Crippen LogP contribution in [0.15, 0.2) is 48.8 Å². The number of hydrogen-bond acceptors (Lipinski definition) is 7. The van der Waals surface area contributed by atoms with Crippen molar-refractivity contribution in [1.82, 2.24) is 9.88 Å². The molecule has 9 heteroatoms. The standard InChI is InChI=1S/C19H21N3O6/c1-2-27-19(24)9-11-21(13-15-4-3-10-20-12-15)18(23)14-28-17-7-5-16(6-8-17)22(25)26/h3-8,10,12H,2,9,11,13-14H2,1H3. The number of non-ortho nitro benzene ring substituents is 1. The Balaban J connectivity index is 1.98. The third kappa shape index (κ3) is 6.67. The van der Waals surface area contributed by atoms with Crippen LogP contribution in [0.3, 0.4) is 0 Å². The zero-order valence-corrected chi connectivity index (χ0v) is 15.4. The van der Waals surface area contributed by atoms with E-state index in [2.05, 4.69) is 4.98 Å². The number of pyridine rings is 1. The number of nitro benzene ring substituents is 1. The van der Waals surface area contributed by atoms with Gasteiger partial charge in [0.2, 0.25) is 0 Å². The van der Waals surface area contributed by atoms with Crippen LogP contribution < -0.4 is 4.74 Å². The van der Waals surface area contributed by atoms with Gasteiger partial charge < -0.3 is 14.4 Å². The molecule has 0 aliphatic rings. The number of ether oxygens (including phenoxy) is 2. The summed E-state index contributed by atoms with van der Waals surface area (Å²) in [6.07, 6.45) is 3.34. The number of hydrogen-bond donors (Lipinski definition) is 0. The minimum absolute atomic E-state index is 0.0636. The van der Waals surface area contributed by atoms with Crippen LogP contribution in [-0.4, -0.2) is 46.4 Å². The smallest absolute Gasteiger partial charge is 0.307 e. The molecule has 0 unspecified atom stereocenters. The zero-order chi connectivity index (χ0) is 20.4. The van der Waals surface area contributed by atoms with Crippen molar-refractivity contribution in [3.8, 4) is 5.75 Å². The van der Waals surface area contributed by atoms with Crippen molar-refractivity contribution in [3.63, 3.8) is 0 Å². The highest BCUT2D eigenvalue weighted by Gasteiger charge is 2.17. The van der Waals surface area contributed by atoms with Crippen LogP contribution >= 0.6 is 0 Å². The Kier molecular flexibility index (Phi) is 7.89. The van der Waals surface area contributed by atoms with Crippen molar-refractivity contribution >= 4 is 17.6 Å². The Morgan fingerprint density at radius 2 is 1.96 bits per heavy atom. The van der Waals surface area contributed by atoms with Gasteiger partial charge in [0.05, 0.1) is 18.0 Å². The van der Waals surface area contributed by atoms with Crippen molar-refractivity contribution in [3.05, 3.63) is 64.5 Å². The van der Waals surface area contributed by atoms with E-state index in [-0.39, 0.29) is 50.3 Å². The van der Waals surface area contributed by atoms with Crippen LogP contribution in [0.2, 0.25) is 0 Å². The van der Waals surface area contributed by atoms with Gasteiger partial charge >= 0.3 is 5.97 Å². The molecule has 0 spiro atoms. The molecule has 1 aromatic carbocycles. The average Bonchev–Trinajstić information content (AvgIpc) is 2.70. The summed E-state index contributed by atoms with van der Waals surface area (Å²) >= 11 is 0. The quantitative estimate of drug-likeness (QED) is 0.349. The lowest BCUT2D eigenvalue weighted by Crippen LogP contribution is -2.36. The molecule has 148 valence electrons. The van der Waals surface area contributed by atoms with Gasteiger partial charge in [-0.05, 0) is 30.7 Å². The molecule has 0 radical (unpaired) electrons. The molecule has 0 aliphatic heterocycles. The highest BCUT2D eigenvalue weighted by atomic mass is 16.6. The summed E-state index contributed by atoms with van der Waals surface area (Å²) in [4.78, 5) is 39.9. The van der Waals surface area contributed by atoms with Crippen molar-refractivity contribution in [2.75, 3.05) is 19.8 Å². The maximum atomic E-state index is 12.6. The number of amides is 1. The Labute approximate surface area is 162 Å². The summed E-state index contributed by atoms with van der Waals surface area (Å²) in [6.45, 7) is 2.18. The molecule has 2 rings (SSSR count). The molecule has 1 heterocycles. The summed E-state index contributed by atoms with van der Waals surface area (Å²) in [7, 11) is 0. The number of carbonyl (C=O) groups excluding carboxylic acids is 2. The second-order valence-electron chi connectivity index (χ2n) is 5.77. The van der Waals surface area contributed by atoms with Gasteiger partial charge in [0, 0.05) is 37.6 Å². The summed E-state index contributed by atoms with van der Waals surface area (Å²) in [6, 6.07) is 9.04. The molecular weight excluding hydrogens is 366 g/mol. The highest BCUT2D eigenvalue weighted by molar-refractivity contribution is 5.78. The predicted molar refractivity (Wildman–Crippen MR) is 99.5 cm³/mol. The molecule has 0 saturated heterocycles. The second-order valence-corrected chi connectivity index (χ2v) is 5.77. The third-order valence-electron chi connectivity index (χ3n) is 3.75. The fourth-order valence-electron chi connectivity index (χ4n) is 2.36. The number of rotatable bonds is 10. The number of carbonyl (C=O) groups is 2. The topological polar surface area (TPSA) is 112 Å². The van der Waals surface area contributed by atoms with E-state index < -0.39 is 4.92 Å². The van der Waals surface area contributed by atoms with Crippen molar-refractivity contribution in [1.29, 1.82) is 0 Å². The van der Waals surface area contributed by atoms with Gasteiger partial charge in [0.15, 0.2) is 6.61 Å². The minimum atomic E-state index is -0.514. The lowest BCUT2D eigenvalue weighted by atomic mass is 10.2. The van der Waals surface area contributed by atoms with Gasteiger partial charge in [-0.1, -0.05) is 6.07 Å². The first kappa shape index (κ1) is 20.8. The van der Waals surface area contributed by atoms with Crippen molar-refractivity contribution in [2.45, 2.75) is 19.9 Å². The normalized spacial score (nSPS) is 10.2. The zero-order valence-electron chi connectivity index (χ0n) is 15.4. The fourth-order valence-corrected chi connectivity index (χ4v) is 2.36. The molecule has 9 nitrogen and oxygen atoms in total. The first-order valence-electron chi connectivity index (χ1n) is 8.69.